The van der Waals surface area contributed by atoms with Crippen LogP contribution in [0.1, 0.15) is 36.9 Å². The van der Waals surface area contributed by atoms with E-state index in [1.54, 1.807) is 23.3 Å². The van der Waals surface area contributed by atoms with Gasteiger partial charge in [0.1, 0.15) is 16.4 Å². The molecule has 2 heterocycles. The van der Waals surface area contributed by atoms with Crippen LogP contribution in [-0.2, 0) is 17.8 Å². The maximum atomic E-state index is 12.4. The van der Waals surface area contributed by atoms with Gasteiger partial charge in [-0.2, -0.15) is 0 Å². The third kappa shape index (κ3) is 4.10. The molecule has 6 nitrogen and oxygen atoms in total. The Hall–Kier alpha value is -3.06. The molecule has 2 aromatic carbocycles. The molecule has 0 spiro atoms. The van der Waals surface area contributed by atoms with Gasteiger partial charge >= 0.3 is 6.09 Å². The zero-order valence-corrected chi connectivity index (χ0v) is 19.3. The lowest BCUT2D eigenvalue weighted by molar-refractivity contribution is 0.0241. The molecule has 0 radical (unpaired) electrons. The zero-order valence-electron chi connectivity index (χ0n) is 18.5. The average molecular weight is 438 g/mol. The van der Waals surface area contributed by atoms with Crippen LogP contribution in [0.25, 0.3) is 21.7 Å². The Morgan fingerprint density at radius 2 is 1.77 bits per heavy atom. The van der Waals surface area contributed by atoms with Crippen LogP contribution in [0.3, 0.4) is 0 Å². The fourth-order valence-electron chi connectivity index (χ4n) is 3.77. The van der Waals surface area contributed by atoms with Crippen LogP contribution in [0.15, 0.2) is 36.4 Å². The van der Waals surface area contributed by atoms with Gasteiger partial charge in [0.2, 0.25) is 0 Å². The molecular weight excluding hydrogens is 410 g/mol. The van der Waals surface area contributed by atoms with Gasteiger partial charge < -0.3 is 15.2 Å². The predicted octanol–water partition coefficient (Wildman–Crippen LogP) is 5.63. The van der Waals surface area contributed by atoms with Crippen LogP contribution in [0, 0.1) is 6.92 Å². The summed E-state index contributed by atoms with van der Waals surface area (Å²) in [5, 5.41) is 0.955. The number of nitrogens with zero attached hydrogens (tertiary/aromatic N) is 2. The summed E-state index contributed by atoms with van der Waals surface area (Å²) < 4.78 is 11.1. The van der Waals surface area contributed by atoms with Gasteiger partial charge in [-0.25, -0.2) is 9.78 Å². The van der Waals surface area contributed by atoms with E-state index in [9.17, 15) is 4.79 Å². The van der Waals surface area contributed by atoms with Crippen molar-refractivity contribution < 1.29 is 14.3 Å². The molecule has 1 amide bonds. The molecule has 0 fully saturated rings. The summed E-state index contributed by atoms with van der Waals surface area (Å²) >= 11 is 1.63. The number of ether oxygens (including phenoxy) is 2. The molecule has 0 unspecified atom stereocenters. The smallest absolute Gasteiger partial charge is 0.410 e. The van der Waals surface area contributed by atoms with Crippen molar-refractivity contribution >= 4 is 23.1 Å². The van der Waals surface area contributed by atoms with Crippen molar-refractivity contribution in [2.24, 2.45) is 0 Å². The van der Waals surface area contributed by atoms with E-state index in [2.05, 4.69) is 19.1 Å². The number of para-hydroxylation sites is 1. The van der Waals surface area contributed by atoms with Gasteiger partial charge in [-0.1, -0.05) is 30.3 Å². The second kappa shape index (κ2) is 7.89. The SMILES string of the molecule is COc1c(N)cccc1-c1cccc(-c2nc3c(s2)CN(C(=O)OC(C)(C)C)C3)c1C. The number of nitrogen functional groups attached to an aromatic ring is 1. The van der Waals surface area contributed by atoms with E-state index >= 15 is 0 Å². The van der Waals surface area contributed by atoms with Crippen molar-refractivity contribution in [1.82, 2.24) is 9.88 Å². The summed E-state index contributed by atoms with van der Waals surface area (Å²) in [7, 11) is 1.64. The number of hydrogen-bond acceptors (Lipinski definition) is 6. The third-order valence-electron chi connectivity index (χ3n) is 5.21. The number of carbonyl (C=O) groups excluding carboxylic acids is 1. The fraction of sp³-hybridized carbons (Fsp3) is 0.333. The molecule has 0 atom stereocenters. The summed E-state index contributed by atoms with van der Waals surface area (Å²) in [6.07, 6.45) is -0.300. The first-order chi connectivity index (χ1) is 14.7. The normalized spacial score (nSPS) is 13.3. The van der Waals surface area contributed by atoms with Crippen molar-refractivity contribution in [3.8, 4) is 27.4 Å². The quantitative estimate of drug-likeness (QED) is 0.538. The maximum Gasteiger partial charge on any atom is 0.410 e. The van der Waals surface area contributed by atoms with Crippen molar-refractivity contribution in [2.75, 3.05) is 12.8 Å². The second-order valence-electron chi connectivity index (χ2n) is 8.63. The Morgan fingerprint density at radius 3 is 2.45 bits per heavy atom. The molecule has 1 aromatic heterocycles. The van der Waals surface area contributed by atoms with E-state index in [-0.39, 0.29) is 6.09 Å². The Morgan fingerprint density at radius 1 is 1.10 bits per heavy atom. The molecule has 0 saturated carbocycles. The largest absolute Gasteiger partial charge is 0.494 e. The highest BCUT2D eigenvalue weighted by atomic mass is 32.1. The van der Waals surface area contributed by atoms with E-state index in [1.165, 1.54) is 0 Å². The van der Waals surface area contributed by atoms with Crippen molar-refractivity contribution in [1.29, 1.82) is 0 Å². The number of hydrogen-bond donors (Lipinski definition) is 1. The first kappa shape index (κ1) is 21.2. The zero-order chi connectivity index (χ0) is 22.3. The number of fused-ring (bicyclic) bond motifs is 1. The highest BCUT2D eigenvalue weighted by Gasteiger charge is 2.31. The molecule has 1 aliphatic heterocycles. The lowest BCUT2D eigenvalue weighted by atomic mass is 9.95. The average Bonchev–Trinajstić information content (AvgIpc) is 3.26. The van der Waals surface area contributed by atoms with E-state index in [4.69, 9.17) is 20.2 Å². The summed E-state index contributed by atoms with van der Waals surface area (Å²) in [6.45, 7) is 8.72. The molecule has 162 valence electrons. The Kier molecular flexibility index (Phi) is 5.39. The van der Waals surface area contributed by atoms with Gasteiger partial charge in [0.15, 0.2) is 0 Å². The first-order valence-electron chi connectivity index (χ1n) is 10.2. The van der Waals surface area contributed by atoms with Gasteiger partial charge in [0, 0.05) is 16.0 Å². The second-order valence-corrected chi connectivity index (χ2v) is 9.72. The molecule has 31 heavy (non-hydrogen) atoms. The third-order valence-corrected chi connectivity index (χ3v) is 6.32. The van der Waals surface area contributed by atoms with Gasteiger partial charge in [-0.15, -0.1) is 11.3 Å². The van der Waals surface area contributed by atoms with E-state index in [0.717, 1.165) is 37.8 Å². The van der Waals surface area contributed by atoms with Crippen LogP contribution in [0.4, 0.5) is 10.5 Å². The minimum atomic E-state index is -0.509. The summed E-state index contributed by atoms with van der Waals surface area (Å²) in [5.74, 6) is 0.678. The molecule has 1 aliphatic rings. The number of rotatable bonds is 3. The predicted molar refractivity (Wildman–Crippen MR) is 124 cm³/mol. The van der Waals surface area contributed by atoms with E-state index < -0.39 is 5.60 Å². The van der Waals surface area contributed by atoms with Crippen LogP contribution in [0.5, 0.6) is 5.75 Å². The van der Waals surface area contributed by atoms with Crippen LogP contribution in [-0.4, -0.2) is 28.7 Å². The van der Waals surface area contributed by atoms with E-state index in [0.29, 0.717) is 24.5 Å². The monoisotopic (exact) mass is 437 g/mol. The molecule has 0 bridgehead atoms. The lowest BCUT2D eigenvalue weighted by Gasteiger charge is -2.24. The fourth-order valence-corrected chi connectivity index (χ4v) is 4.93. The minimum absolute atomic E-state index is 0.300. The lowest BCUT2D eigenvalue weighted by Crippen LogP contribution is -2.33. The molecular formula is C24H27N3O3S. The van der Waals surface area contributed by atoms with Crippen molar-refractivity contribution in [3.05, 3.63) is 52.5 Å². The number of nitrogens with two attached hydrogens (primary N) is 1. The molecule has 0 aliphatic carbocycles. The van der Waals surface area contributed by atoms with Crippen molar-refractivity contribution in [2.45, 2.75) is 46.4 Å². The molecule has 2 N–H and O–H groups in total. The number of thiazole rings is 1. The molecule has 3 aromatic rings. The maximum absolute atomic E-state index is 12.4. The first-order valence-corrected chi connectivity index (χ1v) is 11.0. The molecule has 7 heteroatoms. The standard InChI is InChI=1S/C24H27N3O3S/c1-14-15(17-10-7-11-18(25)21(17)29-5)8-6-9-16(14)22-26-19-12-27(13-20(19)31-22)23(28)30-24(2,3)4/h6-11H,12-13,25H2,1-5H3. The van der Waals surface area contributed by atoms with Crippen LogP contribution in [0.2, 0.25) is 0 Å². The van der Waals surface area contributed by atoms with Gasteiger partial charge in [-0.3, -0.25) is 4.90 Å². The van der Waals surface area contributed by atoms with Crippen LogP contribution < -0.4 is 10.5 Å². The Bertz CT molecular complexity index is 1120. The summed E-state index contributed by atoms with van der Waals surface area (Å²) in [6, 6.07) is 12.0. The summed E-state index contributed by atoms with van der Waals surface area (Å²) in [4.78, 5) is 20.0. The Labute approximate surface area is 186 Å². The molecule has 4 rings (SSSR count). The number of anilines is 1. The minimum Gasteiger partial charge on any atom is -0.494 e. The number of amides is 1. The number of benzene rings is 2. The summed E-state index contributed by atoms with van der Waals surface area (Å²) in [5.41, 5.74) is 11.4. The number of aromatic nitrogens is 1. The Balaban J connectivity index is 1.63. The van der Waals surface area contributed by atoms with Crippen LogP contribution >= 0.6 is 11.3 Å². The van der Waals surface area contributed by atoms with Gasteiger partial charge in [0.25, 0.3) is 0 Å². The number of methoxy groups -OCH3 is 1. The highest BCUT2D eigenvalue weighted by molar-refractivity contribution is 7.15. The molecule has 0 saturated heterocycles. The van der Waals surface area contributed by atoms with Crippen molar-refractivity contribution in [3.63, 3.8) is 0 Å². The topological polar surface area (TPSA) is 77.7 Å². The van der Waals surface area contributed by atoms with Gasteiger partial charge in [0.05, 0.1) is 31.6 Å². The highest BCUT2D eigenvalue weighted by Crippen LogP contribution is 2.41. The van der Waals surface area contributed by atoms with E-state index in [1.807, 2.05) is 45.0 Å². The number of carbonyl (C=O) groups is 1. The van der Waals surface area contributed by atoms with Gasteiger partial charge in [-0.05, 0) is 44.9 Å².